The molecule has 0 aromatic rings. The Morgan fingerprint density at radius 3 is 2.24 bits per heavy atom. The van der Waals surface area contributed by atoms with Crippen molar-refractivity contribution >= 4 is 39.0 Å². The molecule has 0 aliphatic heterocycles. The number of sulfonamides is 1. The van der Waals surface area contributed by atoms with Gasteiger partial charge < -0.3 is 5.73 Å². The highest BCUT2D eigenvalue weighted by Gasteiger charge is 2.29. The Hall–Kier alpha value is 0.150. The maximum atomic E-state index is 11.9. The SMILES string of the molecule is CCC(CC)(CNS(=O)(=O)C(C)C(N)=S)SC. The summed E-state index contributed by atoms with van der Waals surface area (Å²) in [5.41, 5.74) is 5.37. The Morgan fingerprint density at radius 2 is 1.94 bits per heavy atom. The van der Waals surface area contributed by atoms with Gasteiger partial charge in [-0.1, -0.05) is 26.1 Å². The maximum absolute atomic E-state index is 11.9. The van der Waals surface area contributed by atoms with E-state index in [1.165, 1.54) is 6.92 Å². The molecule has 1 unspecified atom stereocenters. The van der Waals surface area contributed by atoms with E-state index in [-0.39, 0.29) is 9.74 Å². The predicted octanol–water partition coefficient (Wildman–Crippen LogP) is 1.50. The molecule has 0 radical (unpaired) electrons. The van der Waals surface area contributed by atoms with Crippen LogP contribution in [0, 0.1) is 0 Å². The van der Waals surface area contributed by atoms with Crippen molar-refractivity contribution in [1.29, 1.82) is 0 Å². The summed E-state index contributed by atoms with van der Waals surface area (Å²) in [6, 6.07) is 0. The molecule has 0 fully saturated rings. The topological polar surface area (TPSA) is 72.2 Å². The zero-order valence-electron chi connectivity index (χ0n) is 10.8. The smallest absolute Gasteiger partial charge is 0.220 e. The van der Waals surface area contributed by atoms with E-state index in [1.807, 2.05) is 6.26 Å². The number of hydrogen-bond donors (Lipinski definition) is 2. The second kappa shape index (κ2) is 6.92. The third-order valence-corrected chi connectivity index (χ3v) is 7.01. The second-order valence-corrected chi connectivity index (χ2v) is 7.84. The fourth-order valence-electron chi connectivity index (χ4n) is 1.37. The van der Waals surface area contributed by atoms with Gasteiger partial charge in [-0.3, -0.25) is 0 Å². The predicted molar refractivity (Wildman–Crippen MR) is 80.0 cm³/mol. The van der Waals surface area contributed by atoms with E-state index in [4.69, 9.17) is 18.0 Å². The molecule has 0 amide bonds. The van der Waals surface area contributed by atoms with E-state index in [9.17, 15) is 8.42 Å². The molecule has 0 aromatic carbocycles. The molecule has 0 aromatic heterocycles. The first kappa shape index (κ1) is 17.2. The molecule has 0 heterocycles. The normalized spacial score (nSPS) is 14.6. The third-order valence-electron chi connectivity index (χ3n) is 3.18. The minimum absolute atomic E-state index is 0.000230. The van der Waals surface area contributed by atoms with Gasteiger partial charge in [0.05, 0.1) is 4.99 Å². The second-order valence-electron chi connectivity index (χ2n) is 4.00. The molecule has 0 aliphatic carbocycles. The molecule has 0 saturated carbocycles. The van der Waals surface area contributed by atoms with Crippen LogP contribution in [0.4, 0.5) is 0 Å². The first-order valence-electron chi connectivity index (χ1n) is 5.57. The van der Waals surface area contributed by atoms with Crippen LogP contribution in [0.15, 0.2) is 0 Å². The molecule has 7 heteroatoms. The van der Waals surface area contributed by atoms with Crippen LogP contribution in [-0.2, 0) is 10.0 Å². The number of hydrogen-bond acceptors (Lipinski definition) is 4. The summed E-state index contributed by atoms with van der Waals surface area (Å²) in [6.45, 7) is 6.04. The van der Waals surface area contributed by atoms with Gasteiger partial charge in [0.15, 0.2) is 0 Å². The Kier molecular flexibility index (Phi) is 6.98. The lowest BCUT2D eigenvalue weighted by Crippen LogP contribution is -2.45. The maximum Gasteiger partial charge on any atom is 0.220 e. The Morgan fingerprint density at radius 1 is 1.47 bits per heavy atom. The van der Waals surface area contributed by atoms with E-state index in [1.54, 1.807) is 11.8 Å². The number of thiocarbonyl (C=S) groups is 1. The lowest BCUT2D eigenvalue weighted by molar-refractivity contribution is 0.521. The number of thioether (sulfide) groups is 1. The molecule has 17 heavy (non-hydrogen) atoms. The molecular formula is C10H22N2O2S3. The van der Waals surface area contributed by atoms with Crippen LogP contribution in [0.1, 0.15) is 33.6 Å². The van der Waals surface area contributed by atoms with Crippen molar-refractivity contribution in [2.75, 3.05) is 12.8 Å². The Balaban J connectivity index is 4.71. The molecule has 0 rings (SSSR count). The van der Waals surface area contributed by atoms with E-state index in [0.29, 0.717) is 6.54 Å². The van der Waals surface area contributed by atoms with Gasteiger partial charge in [-0.25, -0.2) is 13.1 Å². The Bertz CT molecular complexity index is 342. The minimum atomic E-state index is -3.45. The van der Waals surface area contributed by atoms with E-state index in [0.717, 1.165) is 12.8 Å². The van der Waals surface area contributed by atoms with Gasteiger partial charge in [0.2, 0.25) is 10.0 Å². The molecule has 3 N–H and O–H groups in total. The van der Waals surface area contributed by atoms with Crippen LogP contribution < -0.4 is 10.5 Å². The quantitative estimate of drug-likeness (QED) is 0.665. The highest BCUT2D eigenvalue weighted by atomic mass is 32.2. The molecule has 0 spiro atoms. The van der Waals surface area contributed by atoms with Gasteiger partial charge >= 0.3 is 0 Å². The van der Waals surface area contributed by atoms with Crippen LogP contribution in [0.5, 0.6) is 0 Å². The van der Waals surface area contributed by atoms with Crippen molar-refractivity contribution in [2.24, 2.45) is 5.73 Å². The summed E-state index contributed by atoms with van der Waals surface area (Å²) >= 11 is 6.40. The standard InChI is InChI=1S/C10H22N2O2S3/c1-5-10(6-2,16-4)7-12-17(13,14)8(3)9(11)15/h8,12H,5-7H2,1-4H3,(H2,11,15). The molecule has 4 nitrogen and oxygen atoms in total. The lowest BCUT2D eigenvalue weighted by Gasteiger charge is -2.30. The third kappa shape index (κ3) is 4.73. The first-order valence-corrected chi connectivity index (χ1v) is 8.75. The largest absolute Gasteiger partial charge is 0.392 e. The van der Waals surface area contributed by atoms with Crippen LogP contribution in [0.25, 0.3) is 0 Å². The molecule has 0 saturated heterocycles. The van der Waals surface area contributed by atoms with Crippen LogP contribution in [0.3, 0.4) is 0 Å². The van der Waals surface area contributed by atoms with E-state index in [2.05, 4.69) is 18.6 Å². The summed E-state index contributed by atoms with van der Waals surface area (Å²) < 4.78 is 26.3. The molecular weight excluding hydrogens is 276 g/mol. The van der Waals surface area contributed by atoms with Crippen LogP contribution in [-0.4, -0.2) is 36.2 Å². The molecule has 1 atom stereocenters. The van der Waals surface area contributed by atoms with Crippen molar-refractivity contribution in [3.63, 3.8) is 0 Å². The van der Waals surface area contributed by atoms with Gasteiger partial charge in [0.25, 0.3) is 0 Å². The van der Waals surface area contributed by atoms with Gasteiger partial charge in [-0.2, -0.15) is 11.8 Å². The number of rotatable bonds is 8. The van der Waals surface area contributed by atoms with Crippen LogP contribution in [0.2, 0.25) is 0 Å². The minimum Gasteiger partial charge on any atom is -0.392 e. The average molecular weight is 298 g/mol. The van der Waals surface area contributed by atoms with Gasteiger partial charge in [-0.05, 0) is 26.0 Å². The number of nitrogens with two attached hydrogens (primary N) is 1. The highest BCUT2D eigenvalue weighted by molar-refractivity contribution is 8.00. The van der Waals surface area contributed by atoms with Crippen molar-refractivity contribution < 1.29 is 8.42 Å². The fraction of sp³-hybridized carbons (Fsp3) is 0.900. The van der Waals surface area contributed by atoms with Crippen LogP contribution >= 0.6 is 24.0 Å². The molecule has 0 aliphatic rings. The lowest BCUT2D eigenvalue weighted by atomic mass is 10.0. The molecule has 0 bridgehead atoms. The van der Waals surface area contributed by atoms with Crippen molar-refractivity contribution in [3.8, 4) is 0 Å². The summed E-state index contributed by atoms with van der Waals surface area (Å²) in [4.78, 5) is 0.000230. The van der Waals surface area contributed by atoms with E-state index < -0.39 is 15.3 Å². The van der Waals surface area contributed by atoms with Crippen molar-refractivity contribution in [1.82, 2.24) is 4.72 Å². The summed E-state index contributed by atoms with van der Waals surface area (Å²) in [5, 5.41) is -0.828. The zero-order valence-corrected chi connectivity index (χ0v) is 13.3. The summed E-state index contributed by atoms with van der Waals surface area (Å²) in [5.74, 6) is 0. The fourth-order valence-corrected chi connectivity index (χ4v) is 3.67. The highest BCUT2D eigenvalue weighted by Crippen LogP contribution is 2.29. The Labute approximate surface area is 114 Å². The average Bonchev–Trinajstić information content (AvgIpc) is 2.30. The monoisotopic (exact) mass is 298 g/mol. The van der Waals surface area contributed by atoms with Gasteiger partial charge in [-0.15, -0.1) is 0 Å². The summed E-state index contributed by atoms with van der Waals surface area (Å²) in [6.07, 6.45) is 3.82. The molecule has 102 valence electrons. The summed E-state index contributed by atoms with van der Waals surface area (Å²) in [7, 11) is -3.45. The van der Waals surface area contributed by atoms with Gasteiger partial charge in [0, 0.05) is 11.3 Å². The first-order chi connectivity index (χ1) is 7.74. The van der Waals surface area contributed by atoms with Gasteiger partial charge in [0.1, 0.15) is 5.25 Å². The van der Waals surface area contributed by atoms with E-state index >= 15 is 0 Å². The van der Waals surface area contributed by atoms with Crippen molar-refractivity contribution in [2.45, 2.75) is 43.6 Å². The van der Waals surface area contributed by atoms with Crippen molar-refractivity contribution in [3.05, 3.63) is 0 Å². The number of nitrogens with one attached hydrogen (secondary N) is 1. The zero-order chi connectivity index (χ0) is 13.7.